The highest BCUT2D eigenvalue weighted by Crippen LogP contribution is 2.23. The zero-order valence-electron chi connectivity index (χ0n) is 10.9. The topological polar surface area (TPSA) is 52.6 Å². The number of rotatable bonds is 4. The van der Waals surface area contributed by atoms with Gasteiger partial charge >= 0.3 is 6.03 Å². The van der Waals surface area contributed by atoms with Gasteiger partial charge in [0, 0.05) is 11.6 Å². The predicted octanol–water partition coefficient (Wildman–Crippen LogP) is 3.39. The van der Waals surface area contributed by atoms with E-state index in [1.165, 1.54) is 0 Å². The summed E-state index contributed by atoms with van der Waals surface area (Å²) in [6.07, 6.45) is 0.696. The summed E-state index contributed by atoms with van der Waals surface area (Å²) in [5.41, 5.74) is 0.282. The van der Waals surface area contributed by atoms with Crippen LogP contribution in [0.1, 0.15) is 32.8 Å². The fourth-order valence-electron chi connectivity index (χ4n) is 1.59. The Morgan fingerprint density at radius 1 is 1.50 bits per heavy atom. The zero-order valence-corrected chi connectivity index (χ0v) is 11.7. The molecule has 0 bridgehead atoms. The van der Waals surface area contributed by atoms with Crippen LogP contribution in [0.4, 0.5) is 4.79 Å². The van der Waals surface area contributed by atoms with Gasteiger partial charge in [0.25, 0.3) is 0 Å². The SMILES string of the molecule is CCCN(O)C(=O)NC(C)(C)c1cccc(Cl)c1. The van der Waals surface area contributed by atoms with Gasteiger partial charge in [0.1, 0.15) is 0 Å². The van der Waals surface area contributed by atoms with Crippen LogP contribution in [0.2, 0.25) is 5.02 Å². The van der Waals surface area contributed by atoms with Crippen LogP contribution in [0.5, 0.6) is 0 Å². The summed E-state index contributed by atoms with van der Waals surface area (Å²) in [7, 11) is 0. The van der Waals surface area contributed by atoms with Crippen molar-refractivity contribution in [3.8, 4) is 0 Å². The molecule has 4 nitrogen and oxygen atoms in total. The lowest BCUT2D eigenvalue weighted by atomic mass is 9.94. The van der Waals surface area contributed by atoms with Gasteiger partial charge in [-0.3, -0.25) is 5.21 Å². The Kier molecular flexibility index (Phi) is 4.99. The molecule has 5 heteroatoms. The molecule has 2 N–H and O–H groups in total. The molecule has 0 radical (unpaired) electrons. The van der Waals surface area contributed by atoms with E-state index < -0.39 is 11.6 Å². The van der Waals surface area contributed by atoms with E-state index in [1.807, 2.05) is 32.9 Å². The van der Waals surface area contributed by atoms with Gasteiger partial charge in [0.2, 0.25) is 0 Å². The van der Waals surface area contributed by atoms with E-state index in [1.54, 1.807) is 12.1 Å². The molecule has 1 aromatic carbocycles. The maximum atomic E-state index is 11.7. The van der Waals surface area contributed by atoms with Crippen molar-refractivity contribution in [3.05, 3.63) is 34.9 Å². The summed E-state index contributed by atoms with van der Waals surface area (Å²) < 4.78 is 0. The van der Waals surface area contributed by atoms with Crippen molar-refractivity contribution in [2.24, 2.45) is 0 Å². The molecule has 0 saturated heterocycles. The lowest BCUT2D eigenvalue weighted by Gasteiger charge is -2.29. The number of carbonyl (C=O) groups excluding carboxylic acids is 1. The molecule has 0 atom stereocenters. The fourth-order valence-corrected chi connectivity index (χ4v) is 1.78. The molecule has 1 aromatic rings. The first-order chi connectivity index (χ1) is 8.36. The van der Waals surface area contributed by atoms with Crippen LogP contribution in [0.25, 0.3) is 0 Å². The molecule has 0 aliphatic heterocycles. The Balaban J connectivity index is 2.78. The number of hydroxylamine groups is 2. The quantitative estimate of drug-likeness (QED) is 0.651. The van der Waals surface area contributed by atoms with Gasteiger partial charge in [-0.1, -0.05) is 30.7 Å². The molecule has 0 aromatic heterocycles. The van der Waals surface area contributed by atoms with Gasteiger partial charge in [-0.05, 0) is 38.0 Å². The molecule has 2 amide bonds. The number of urea groups is 1. The highest BCUT2D eigenvalue weighted by atomic mass is 35.5. The van der Waals surface area contributed by atoms with Crippen LogP contribution in [0.3, 0.4) is 0 Å². The lowest BCUT2D eigenvalue weighted by Crippen LogP contribution is -2.47. The third-order valence-corrected chi connectivity index (χ3v) is 2.87. The van der Waals surface area contributed by atoms with E-state index in [0.29, 0.717) is 23.1 Å². The van der Waals surface area contributed by atoms with Crippen molar-refractivity contribution in [1.82, 2.24) is 10.4 Å². The van der Waals surface area contributed by atoms with Crippen LogP contribution in [-0.4, -0.2) is 22.8 Å². The third-order valence-electron chi connectivity index (χ3n) is 2.64. The summed E-state index contributed by atoms with van der Waals surface area (Å²) >= 11 is 5.93. The van der Waals surface area contributed by atoms with Crippen LogP contribution in [-0.2, 0) is 5.54 Å². The molecule has 0 saturated carbocycles. The summed E-state index contributed by atoms with van der Waals surface area (Å²) in [5, 5.41) is 13.5. The standard InChI is InChI=1S/C13H19ClN2O2/c1-4-8-16(18)12(17)15-13(2,3)10-6-5-7-11(14)9-10/h5-7,9,18H,4,8H2,1-3H3,(H,15,17). The molecule has 0 spiro atoms. The zero-order chi connectivity index (χ0) is 13.8. The van der Waals surface area contributed by atoms with Crippen molar-refractivity contribution >= 4 is 17.6 Å². The van der Waals surface area contributed by atoms with Crippen molar-refractivity contribution in [2.45, 2.75) is 32.7 Å². The average molecular weight is 271 g/mol. The number of benzene rings is 1. The molecular weight excluding hydrogens is 252 g/mol. The molecular formula is C13H19ClN2O2. The number of hydrogen-bond donors (Lipinski definition) is 2. The van der Waals surface area contributed by atoms with E-state index in [2.05, 4.69) is 5.32 Å². The first kappa shape index (κ1) is 14.8. The van der Waals surface area contributed by atoms with Crippen molar-refractivity contribution < 1.29 is 10.0 Å². The summed E-state index contributed by atoms with van der Waals surface area (Å²) in [4.78, 5) is 11.7. The number of nitrogens with one attached hydrogen (secondary N) is 1. The monoisotopic (exact) mass is 270 g/mol. The normalized spacial score (nSPS) is 11.2. The molecule has 1 rings (SSSR count). The van der Waals surface area contributed by atoms with E-state index in [0.717, 1.165) is 5.56 Å². The molecule has 0 unspecified atom stereocenters. The highest BCUT2D eigenvalue weighted by molar-refractivity contribution is 6.30. The van der Waals surface area contributed by atoms with Crippen molar-refractivity contribution in [3.63, 3.8) is 0 Å². The Hall–Kier alpha value is -1.26. The summed E-state index contributed by atoms with van der Waals surface area (Å²) in [6.45, 7) is 5.91. The van der Waals surface area contributed by atoms with Crippen LogP contribution in [0.15, 0.2) is 24.3 Å². The van der Waals surface area contributed by atoms with Crippen LogP contribution < -0.4 is 5.32 Å². The molecule has 100 valence electrons. The number of carbonyl (C=O) groups is 1. The number of hydrogen-bond acceptors (Lipinski definition) is 2. The molecule has 0 fully saturated rings. The number of nitrogens with zero attached hydrogens (tertiary/aromatic N) is 1. The summed E-state index contributed by atoms with van der Waals surface area (Å²) in [6, 6.07) is 6.77. The Labute approximate surface area is 113 Å². The molecule has 0 heterocycles. The first-order valence-corrected chi connectivity index (χ1v) is 6.29. The lowest BCUT2D eigenvalue weighted by molar-refractivity contribution is -0.0453. The van der Waals surface area contributed by atoms with Gasteiger partial charge in [-0.2, -0.15) is 0 Å². The highest BCUT2D eigenvalue weighted by Gasteiger charge is 2.25. The average Bonchev–Trinajstić information content (AvgIpc) is 2.28. The molecule has 0 aliphatic carbocycles. The van der Waals surface area contributed by atoms with Crippen molar-refractivity contribution in [1.29, 1.82) is 0 Å². The van der Waals surface area contributed by atoms with Gasteiger partial charge in [-0.15, -0.1) is 0 Å². The van der Waals surface area contributed by atoms with Crippen LogP contribution >= 0.6 is 11.6 Å². The minimum absolute atomic E-state index is 0.303. The van der Waals surface area contributed by atoms with E-state index in [-0.39, 0.29) is 0 Å². The second-order valence-electron chi connectivity index (χ2n) is 4.69. The molecule has 0 aliphatic rings. The van der Waals surface area contributed by atoms with E-state index >= 15 is 0 Å². The van der Waals surface area contributed by atoms with Crippen molar-refractivity contribution in [2.75, 3.05) is 6.54 Å². The number of amides is 2. The van der Waals surface area contributed by atoms with Crippen LogP contribution in [0, 0.1) is 0 Å². The van der Waals surface area contributed by atoms with Gasteiger partial charge in [0.15, 0.2) is 0 Å². The van der Waals surface area contributed by atoms with E-state index in [4.69, 9.17) is 11.6 Å². The Morgan fingerprint density at radius 3 is 2.72 bits per heavy atom. The van der Waals surface area contributed by atoms with Gasteiger partial charge < -0.3 is 5.32 Å². The summed E-state index contributed by atoms with van der Waals surface area (Å²) in [5.74, 6) is 0. The minimum atomic E-state index is -0.600. The first-order valence-electron chi connectivity index (χ1n) is 5.91. The maximum Gasteiger partial charge on any atom is 0.341 e. The largest absolute Gasteiger partial charge is 0.341 e. The minimum Gasteiger partial charge on any atom is -0.327 e. The predicted molar refractivity (Wildman–Crippen MR) is 71.8 cm³/mol. The van der Waals surface area contributed by atoms with E-state index in [9.17, 15) is 10.0 Å². The second-order valence-corrected chi connectivity index (χ2v) is 5.13. The Morgan fingerprint density at radius 2 is 2.17 bits per heavy atom. The fraction of sp³-hybridized carbons (Fsp3) is 0.462. The Bertz CT molecular complexity index is 421. The second kappa shape index (κ2) is 6.07. The molecule has 18 heavy (non-hydrogen) atoms. The van der Waals surface area contributed by atoms with Gasteiger partial charge in [-0.25, -0.2) is 9.86 Å². The number of halogens is 1. The third kappa shape index (κ3) is 3.89. The maximum absolute atomic E-state index is 11.7. The smallest absolute Gasteiger partial charge is 0.327 e. The van der Waals surface area contributed by atoms with Gasteiger partial charge in [0.05, 0.1) is 5.54 Å².